The lowest BCUT2D eigenvalue weighted by atomic mass is 10.0. The molecule has 10 heteroatoms. The van der Waals surface area contributed by atoms with Gasteiger partial charge in [-0.25, -0.2) is 8.42 Å². The Morgan fingerprint density at radius 1 is 0.822 bits per heavy atom. The Hall–Kier alpha value is -4.15. The van der Waals surface area contributed by atoms with Crippen LogP contribution in [0.5, 0.6) is 5.75 Å². The smallest absolute Gasteiger partial charge is 0.264 e. The number of amides is 2. The summed E-state index contributed by atoms with van der Waals surface area (Å²) in [6.07, 6.45) is 0.227. The fourth-order valence-corrected chi connectivity index (χ4v) is 6.57. The van der Waals surface area contributed by atoms with Gasteiger partial charge in [0.2, 0.25) is 11.8 Å². The molecule has 0 saturated carbocycles. The van der Waals surface area contributed by atoms with Crippen molar-refractivity contribution in [2.45, 2.75) is 50.2 Å². The van der Waals surface area contributed by atoms with Crippen LogP contribution < -0.4 is 14.4 Å². The fourth-order valence-electron chi connectivity index (χ4n) is 4.86. The third kappa shape index (κ3) is 8.95. The Kier molecular flexibility index (Phi) is 11.1. The van der Waals surface area contributed by atoms with Crippen LogP contribution in [0.3, 0.4) is 0 Å². The van der Waals surface area contributed by atoms with Crippen molar-refractivity contribution < 1.29 is 22.7 Å². The van der Waals surface area contributed by atoms with Crippen LogP contribution in [0.15, 0.2) is 119 Å². The van der Waals surface area contributed by atoms with Crippen LogP contribution in [0.2, 0.25) is 0 Å². The number of nitrogens with one attached hydrogen (secondary N) is 1. The zero-order valence-corrected chi connectivity index (χ0v) is 28.2. The molecule has 0 aliphatic heterocycles. The van der Waals surface area contributed by atoms with E-state index in [2.05, 4.69) is 21.2 Å². The molecule has 4 aromatic carbocycles. The van der Waals surface area contributed by atoms with Crippen molar-refractivity contribution in [1.82, 2.24) is 10.2 Å². The summed E-state index contributed by atoms with van der Waals surface area (Å²) in [5.41, 5.74) is 1.28. The van der Waals surface area contributed by atoms with Crippen molar-refractivity contribution in [2.75, 3.05) is 18.0 Å². The van der Waals surface area contributed by atoms with Gasteiger partial charge >= 0.3 is 0 Å². The molecular weight excluding hydrogens is 654 g/mol. The molecule has 45 heavy (non-hydrogen) atoms. The van der Waals surface area contributed by atoms with Crippen molar-refractivity contribution in [2.24, 2.45) is 0 Å². The molecule has 4 aromatic rings. The molecule has 0 radical (unpaired) electrons. The zero-order chi connectivity index (χ0) is 32.6. The van der Waals surface area contributed by atoms with Gasteiger partial charge in [-0.15, -0.1) is 0 Å². The predicted molar refractivity (Wildman–Crippen MR) is 180 cm³/mol. The maximum Gasteiger partial charge on any atom is 0.264 e. The van der Waals surface area contributed by atoms with Crippen molar-refractivity contribution in [1.29, 1.82) is 0 Å². The van der Waals surface area contributed by atoms with Crippen molar-refractivity contribution >= 4 is 43.5 Å². The molecule has 0 aliphatic carbocycles. The summed E-state index contributed by atoms with van der Waals surface area (Å²) in [4.78, 5) is 30.0. The van der Waals surface area contributed by atoms with Gasteiger partial charge in [0.1, 0.15) is 18.3 Å². The van der Waals surface area contributed by atoms with Crippen LogP contribution in [0.1, 0.15) is 31.9 Å². The van der Waals surface area contributed by atoms with Crippen molar-refractivity contribution in [3.63, 3.8) is 0 Å². The minimum atomic E-state index is -4.23. The summed E-state index contributed by atoms with van der Waals surface area (Å²) in [6, 6.07) is 30.6. The number of sulfonamides is 1. The average molecular weight is 693 g/mol. The van der Waals surface area contributed by atoms with Crippen molar-refractivity contribution in [3.8, 4) is 5.75 Å². The third-order valence-corrected chi connectivity index (χ3v) is 9.30. The molecule has 236 valence electrons. The highest BCUT2D eigenvalue weighted by molar-refractivity contribution is 9.10. The number of ether oxygens (including phenoxy) is 1. The number of carbonyl (C=O) groups is 2. The largest absolute Gasteiger partial charge is 0.495 e. The number of carbonyl (C=O) groups excluding carboxylic acids is 2. The van der Waals surface area contributed by atoms with E-state index in [-0.39, 0.29) is 35.2 Å². The van der Waals surface area contributed by atoms with Crippen LogP contribution in [-0.2, 0) is 32.6 Å². The molecule has 0 bridgehead atoms. The van der Waals surface area contributed by atoms with Gasteiger partial charge in [0.25, 0.3) is 10.0 Å². The number of rotatable bonds is 12. The summed E-state index contributed by atoms with van der Waals surface area (Å²) in [6.45, 7) is 5.14. The lowest BCUT2D eigenvalue weighted by Gasteiger charge is -2.35. The second-order valence-electron chi connectivity index (χ2n) is 11.6. The quantitative estimate of drug-likeness (QED) is 0.191. The second-order valence-corrected chi connectivity index (χ2v) is 14.4. The van der Waals surface area contributed by atoms with E-state index < -0.39 is 34.1 Å². The highest BCUT2D eigenvalue weighted by Crippen LogP contribution is 2.32. The maximum atomic E-state index is 14.6. The molecular formula is C35H38BrN3O5S. The summed E-state index contributed by atoms with van der Waals surface area (Å²) in [5.74, 6) is -0.601. The molecule has 0 aliphatic rings. The van der Waals surface area contributed by atoms with E-state index in [0.29, 0.717) is 0 Å². The standard InChI is InChI=1S/C35H38BrN3O5S/c1-35(2,3)37-34(41)31(23-26-13-7-5-8-14-26)38(24-27-19-21-28(36)22-20-27)33(40)25-39(30-17-11-12-18-32(30)44-4)45(42,43)29-15-9-6-10-16-29/h5-22,31H,23-25H2,1-4H3,(H,37,41)/t31-/m0/s1. The Morgan fingerprint density at radius 3 is 2.00 bits per heavy atom. The van der Waals surface area contributed by atoms with Gasteiger partial charge in [-0.1, -0.05) is 88.7 Å². The Labute approximate surface area is 274 Å². The van der Waals surface area contributed by atoms with E-state index in [1.807, 2.05) is 75.4 Å². The maximum absolute atomic E-state index is 14.6. The first kappa shape index (κ1) is 33.7. The Balaban J connectivity index is 1.83. The van der Waals surface area contributed by atoms with Crippen LogP contribution in [0.25, 0.3) is 0 Å². The number of anilines is 1. The van der Waals surface area contributed by atoms with Gasteiger partial charge in [-0.3, -0.25) is 13.9 Å². The number of hydrogen-bond acceptors (Lipinski definition) is 5. The lowest BCUT2D eigenvalue weighted by Crippen LogP contribution is -2.56. The summed E-state index contributed by atoms with van der Waals surface area (Å²) >= 11 is 3.46. The molecule has 8 nitrogen and oxygen atoms in total. The molecule has 0 spiro atoms. The Bertz CT molecular complexity index is 1690. The molecule has 1 N–H and O–H groups in total. The third-order valence-electron chi connectivity index (χ3n) is 7.00. The monoisotopic (exact) mass is 691 g/mol. The van der Waals surface area contributed by atoms with Gasteiger partial charge in [-0.2, -0.15) is 0 Å². The van der Waals surface area contributed by atoms with Gasteiger partial charge < -0.3 is 15.0 Å². The molecule has 1 atom stereocenters. The Morgan fingerprint density at radius 2 is 1.40 bits per heavy atom. The average Bonchev–Trinajstić information content (AvgIpc) is 3.02. The topological polar surface area (TPSA) is 96.0 Å². The first-order valence-electron chi connectivity index (χ1n) is 14.5. The minimum absolute atomic E-state index is 0.0227. The molecule has 0 unspecified atom stereocenters. The van der Waals surface area contributed by atoms with Gasteiger partial charge in [0.15, 0.2) is 0 Å². The fraction of sp³-hybridized carbons (Fsp3) is 0.257. The number of nitrogens with zero attached hydrogens (tertiary/aromatic N) is 2. The second kappa shape index (κ2) is 14.8. The normalized spacial score (nSPS) is 12.2. The number of halogens is 1. The van der Waals surface area contributed by atoms with Crippen molar-refractivity contribution in [3.05, 3.63) is 125 Å². The van der Waals surface area contributed by atoms with E-state index in [9.17, 15) is 18.0 Å². The number of methoxy groups -OCH3 is 1. The van der Waals surface area contributed by atoms with E-state index in [4.69, 9.17) is 4.74 Å². The van der Waals surface area contributed by atoms with E-state index >= 15 is 0 Å². The zero-order valence-electron chi connectivity index (χ0n) is 25.8. The number of para-hydroxylation sites is 2. The van der Waals surface area contributed by atoms with Crippen LogP contribution >= 0.6 is 15.9 Å². The van der Waals surface area contributed by atoms with E-state index in [0.717, 1.165) is 19.9 Å². The van der Waals surface area contributed by atoms with Crippen LogP contribution in [0, 0.1) is 0 Å². The van der Waals surface area contributed by atoms with Gasteiger partial charge in [0, 0.05) is 23.0 Å². The highest BCUT2D eigenvalue weighted by Gasteiger charge is 2.36. The number of benzene rings is 4. The minimum Gasteiger partial charge on any atom is -0.495 e. The summed E-state index contributed by atoms with van der Waals surface area (Å²) in [7, 11) is -2.78. The van der Waals surface area contributed by atoms with Crippen LogP contribution in [0.4, 0.5) is 5.69 Å². The van der Waals surface area contributed by atoms with Gasteiger partial charge in [0.05, 0.1) is 17.7 Å². The molecule has 2 amide bonds. The van der Waals surface area contributed by atoms with Gasteiger partial charge in [-0.05, 0) is 68.3 Å². The lowest BCUT2D eigenvalue weighted by molar-refractivity contribution is -0.140. The van der Waals surface area contributed by atoms with Crippen LogP contribution in [-0.4, -0.2) is 50.4 Å². The summed E-state index contributed by atoms with van der Waals surface area (Å²) in [5, 5.41) is 3.04. The predicted octanol–water partition coefficient (Wildman–Crippen LogP) is 6.21. The molecule has 0 aromatic heterocycles. The summed E-state index contributed by atoms with van der Waals surface area (Å²) < 4.78 is 35.8. The first-order chi connectivity index (χ1) is 21.4. The molecule has 0 saturated heterocycles. The first-order valence-corrected chi connectivity index (χ1v) is 16.7. The van der Waals surface area contributed by atoms with E-state index in [1.54, 1.807) is 42.5 Å². The molecule has 4 rings (SSSR count). The number of hydrogen-bond donors (Lipinski definition) is 1. The SMILES string of the molecule is COc1ccccc1N(CC(=O)N(Cc1ccc(Br)cc1)[C@@H](Cc1ccccc1)C(=O)NC(C)(C)C)S(=O)(=O)c1ccccc1. The van der Waals surface area contributed by atoms with E-state index in [1.165, 1.54) is 24.1 Å². The highest BCUT2D eigenvalue weighted by atomic mass is 79.9. The molecule has 0 heterocycles. The molecule has 0 fully saturated rings.